The predicted molar refractivity (Wildman–Crippen MR) is 184 cm³/mol. The minimum atomic E-state index is -2.73. The van der Waals surface area contributed by atoms with Gasteiger partial charge in [-0.25, -0.2) is 67.9 Å². The number of hydrogen-bond donors (Lipinski definition) is 0. The van der Waals surface area contributed by atoms with Crippen molar-refractivity contribution < 1.29 is 96.3 Å². The molecule has 1 saturated heterocycles. The van der Waals surface area contributed by atoms with E-state index in [-0.39, 0.29) is 12.1 Å². The van der Waals surface area contributed by atoms with Crippen LogP contribution in [0.4, 0.5) is 43.9 Å². The topological polar surface area (TPSA) is 141 Å². The summed E-state index contributed by atoms with van der Waals surface area (Å²) in [4.78, 5) is 67.0. The first kappa shape index (κ1) is 44.3. The van der Waals surface area contributed by atoms with Crippen molar-refractivity contribution >= 4 is 29.8 Å². The van der Waals surface area contributed by atoms with Gasteiger partial charge in [0.25, 0.3) is 0 Å². The van der Waals surface area contributed by atoms with E-state index < -0.39 is 153 Å². The van der Waals surface area contributed by atoms with Crippen LogP contribution in [0.5, 0.6) is 0 Å². The van der Waals surface area contributed by atoms with E-state index in [4.69, 9.17) is 28.4 Å². The molecular formula is C41H22F10O11. The molecule has 0 N–H and O–H groups in total. The van der Waals surface area contributed by atoms with E-state index in [1.807, 2.05) is 0 Å². The first-order valence-electron chi connectivity index (χ1n) is 17.3. The van der Waals surface area contributed by atoms with Gasteiger partial charge in [0.1, 0.15) is 70.9 Å². The molecule has 5 aromatic carbocycles. The van der Waals surface area contributed by atoms with E-state index in [0.29, 0.717) is 78.9 Å². The third-order valence-electron chi connectivity index (χ3n) is 8.66. The highest BCUT2D eigenvalue weighted by Crippen LogP contribution is 2.33. The summed E-state index contributed by atoms with van der Waals surface area (Å²) in [5.74, 6) is -22.6. The summed E-state index contributed by atoms with van der Waals surface area (Å²) in [6.07, 6.45) is -13.1. The van der Waals surface area contributed by atoms with Gasteiger partial charge in [-0.15, -0.1) is 0 Å². The SMILES string of the molecule is O=C(OC[C@H]1O[C@H](OC(=O)c2cc(F)ccc2F)[C@H](OC(=O)c2cc(F)ccc2F)[C@@H](OC(=O)c2cc(F)ccc2F)[C@@H]1OC(=O)c1cc(F)ccc1F)c1cc(F)ccc1F. The van der Waals surface area contributed by atoms with Crippen LogP contribution >= 0.6 is 0 Å². The van der Waals surface area contributed by atoms with Crippen LogP contribution in [0.15, 0.2) is 91.0 Å². The summed E-state index contributed by atoms with van der Waals surface area (Å²) in [6.45, 7) is -1.40. The molecule has 62 heavy (non-hydrogen) atoms. The Hall–Kier alpha value is -7.29. The molecule has 0 bridgehead atoms. The number of hydrogen-bond acceptors (Lipinski definition) is 11. The molecule has 0 aromatic heterocycles. The first-order valence-corrected chi connectivity index (χ1v) is 17.3. The molecule has 5 atom stereocenters. The van der Waals surface area contributed by atoms with Crippen molar-refractivity contribution in [2.75, 3.05) is 6.61 Å². The van der Waals surface area contributed by atoms with Crippen LogP contribution in [-0.4, -0.2) is 67.2 Å². The third-order valence-corrected chi connectivity index (χ3v) is 8.66. The normalized spacial score (nSPS) is 18.3. The van der Waals surface area contributed by atoms with Gasteiger partial charge in [-0.3, -0.25) is 0 Å². The van der Waals surface area contributed by atoms with Gasteiger partial charge >= 0.3 is 29.8 Å². The highest BCUT2D eigenvalue weighted by Gasteiger charge is 2.55. The van der Waals surface area contributed by atoms with Gasteiger partial charge in [-0.1, -0.05) is 0 Å². The van der Waals surface area contributed by atoms with Crippen LogP contribution in [0.1, 0.15) is 51.8 Å². The average molecular weight is 881 g/mol. The van der Waals surface area contributed by atoms with Gasteiger partial charge in [-0.05, 0) is 91.0 Å². The van der Waals surface area contributed by atoms with E-state index in [1.165, 1.54) is 0 Å². The Morgan fingerprint density at radius 2 is 0.677 bits per heavy atom. The van der Waals surface area contributed by atoms with Crippen LogP contribution in [0.25, 0.3) is 0 Å². The number of ether oxygens (including phenoxy) is 6. The Morgan fingerprint density at radius 3 is 1.03 bits per heavy atom. The minimum Gasteiger partial charge on any atom is -0.459 e. The molecule has 0 amide bonds. The molecule has 1 aliphatic heterocycles. The number of halogens is 10. The summed E-state index contributed by atoms with van der Waals surface area (Å²) in [7, 11) is 0. The van der Waals surface area contributed by atoms with Crippen molar-refractivity contribution in [3.8, 4) is 0 Å². The second-order valence-corrected chi connectivity index (χ2v) is 12.8. The number of rotatable bonds is 11. The zero-order valence-corrected chi connectivity index (χ0v) is 30.5. The maximum Gasteiger partial charge on any atom is 0.343 e. The lowest BCUT2D eigenvalue weighted by Crippen LogP contribution is -2.63. The van der Waals surface area contributed by atoms with Crippen LogP contribution < -0.4 is 0 Å². The summed E-state index contributed by atoms with van der Waals surface area (Å²) < 4.78 is 177. The molecule has 0 spiro atoms. The van der Waals surface area contributed by atoms with Crippen LogP contribution in [0, 0.1) is 58.2 Å². The molecule has 322 valence electrons. The van der Waals surface area contributed by atoms with Crippen molar-refractivity contribution in [3.63, 3.8) is 0 Å². The molecule has 11 nitrogen and oxygen atoms in total. The molecule has 5 aromatic rings. The van der Waals surface area contributed by atoms with Gasteiger partial charge in [0.2, 0.25) is 12.4 Å². The fraction of sp³-hybridized carbons (Fsp3) is 0.146. The monoisotopic (exact) mass is 880 g/mol. The van der Waals surface area contributed by atoms with Crippen molar-refractivity contribution in [1.29, 1.82) is 0 Å². The molecule has 1 aliphatic rings. The second kappa shape index (κ2) is 18.5. The summed E-state index contributed by atoms with van der Waals surface area (Å²) in [5.41, 5.74) is -5.91. The molecular weight excluding hydrogens is 858 g/mol. The zero-order chi connectivity index (χ0) is 45.0. The lowest BCUT2D eigenvalue weighted by atomic mass is 9.97. The van der Waals surface area contributed by atoms with E-state index >= 15 is 0 Å². The van der Waals surface area contributed by atoms with E-state index in [1.54, 1.807) is 0 Å². The standard InChI is InChI=1S/C41H22F10O11/c42-17-1-6-27(47)22(11-17)36(52)57-16-32-33(59-37(53)23-12-18(43)2-7-28(23)48)34(60-38(54)24-13-19(44)3-8-29(24)49)35(61-39(55)25-14-20(45)4-9-30(25)50)41(58-32)62-40(56)26-15-21(46)5-10-31(26)51/h1-15,32-35,41H,16H2/t32-,33-,34+,35-,41-/m1/s1. The van der Waals surface area contributed by atoms with Gasteiger partial charge < -0.3 is 28.4 Å². The fourth-order valence-corrected chi connectivity index (χ4v) is 5.74. The summed E-state index contributed by atoms with van der Waals surface area (Å²) in [5, 5.41) is 0. The first-order chi connectivity index (χ1) is 29.4. The highest BCUT2D eigenvalue weighted by molar-refractivity contribution is 5.93. The Bertz CT molecular complexity index is 2590. The number of esters is 5. The van der Waals surface area contributed by atoms with Crippen LogP contribution in [0.2, 0.25) is 0 Å². The van der Waals surface area contributed by atoms with E-state index in [0.717, 1.165) is 0 Å². The predicted octanol–water partition coefficient (Wildman–Crippen LogP) is 7.49. The quantitative estimate of drug-likeness (QED) is 0.0741. The Balaban J connectivity index is 1.51. The zero-order valence-electron chi connectivity index (χ0n) is 30.5. The highest BCUT2D eigenvalue weighted by atomic mass is 19.2. The summed E-state index contributed by atoms with van der Waals surface area (Å²) >= 11 is 0. The smallest absolute Gasteiger partial charge is 0.343 e. The Morgan fingerprint density at radius 1 is 0.387 bits per heavy atom. The molecule has 0 radical (unpaired) electrons. The largest absolute Gasteiger partial charge is 0.459 e. The lowest BCUT2D eigenvalue weighted by Gasteiger charge is -2.43. The van der Waals surface area contributed by atoms with Gasteiger partial charge in [0.15, 0.2) is 12.2 Å². The second-order valence-electron chi connectivity index (χ2n) is 12.8. The lowest BCUT2D eigenvalue weighted by molar-refractivity contribution is -0.283. The number of carbonyl (C=O) groups excluding carboxylic acids is 5. The van der Waals surface area contributed by atoms with Gasteiger partial charge in [-0.2, -0.15) is 0 Å². The molecule has 6 rings (SSSR count). The third kappa shape index (κ3) is 10.0. The van der Waals surface area contributed by atoms with Crippen molar-refractivity contribution in [2.45, 2.75) is 30.7 Å². The minimum absolute atomic E-state index is 0.278. The van der Waals surface area contributed by atoms with E-state index in [2.05, 4.69) is 0 Å². The van der Waals surface area contributed by atoms with Gasteiger partial charge in [0.05, 0.1) is 27.8 Å². The van der Waals surface area contributed by atoms with Crippen molar-refractivity contribution in [2.24, 2.45) is 0 Å². The summed E-state index contributed by atoms with van der Waals surface area (Å²) in [6, 6.07) is 6.76. The van der Waals surface area contributed by atoms with Crippen molar-refractivity contribution in [1.82, 2.24) is 0 Å². The van der Waals surface area contributed by atoms with Gasteiger partial charge in [0, 0.05) is 0 Å². The van der Waals surface area contributed by atoms with Crippen LogP contribution in [-0.2, 0) is 28.4 Å². The van der Waals surface area contributed by atoms with Crippen molar-refractivity contribution in [3.05, 3.63) is 177 Å². The molecule has 0 saturated carbocycles. The molecule has 0 aliphatic carbocycles. The average Bonchev–Trinajstić information content (AvgIpc) is 3.23. The fourth-order valence-electron chi connectivity index (χ4n) is 5.74. The maximum atomic E-state index is 14.9. The molecule has 21 heteroatoms. The Labute approximate surface area is 340 Å². The Kier molecular flexibility index (Phi) is 13.2. The number of carbonyl (C=O) groups is 5. The molecule has 1 fully saturated rings. The van der Waals surface area contributed by atoms with Crippen LogP contribution in [0.3, 0.4) is 0 Å². The maximum absolute atomic E-state index is 14.9. The number of benzene rings is 5. The molecule has 0 unspecified atom stereocenters. The molecule has 1 heterocycles. The van der Waals surface area contributed by atoms with E-state index in [9.17, 15) is 67.9 Å².